The van der Waals surface area contributed by atoms with Crippen molar-refractivity contribution in [3.05, 3.63) is 71.3 Å². The van der Waals surface area contributed by atoms with E-state index in [4.69, 9.17) is 0 Å². The number of carbonyl (C=O) groups excluding carboxylic acids is 1. The Hall–Kier alpha value is -2.33. The molecule has 1 saturated heterocycles. The van der Waals surface area contributed by atoms with Crippen molar-refractivity contribution in [2.75, 3.05) is 26.2 Å². The molecule has 2 aromatic carbocycles. The lowest BCUT2D eigenvalue weighted by atomic mass is 10.1. The van der Waals surface area contributed by atoms with E-state index in [0.717, 1.165) is 38.3 Å². The van der Waals surface area contributed by atoms with Crippen LogP contribution in [0, 0.1) is 6.92 Å². The molecule has 24 heavy (non-hydrogen) atoms. The van der Waals surface area contributed by atoms with Crippen LogP contribution in [-0.2, 0) is 13.1 Å². The minimum Gasteiger partial charge on any atom is -0.334 e. The highest BCUT2D eigenvalue weighted by Crippen LogP contribution is 2.10. The lowest BCUT2D eigenvalue weighted by Gasteiger charge is -2.34. The summed E-state index contributed by atoms with van der Waals surface area (Å²) in [7, 11) is 0. The molecule has 2 aromatic rings. The van der Waals surface area contributed by atoms with Crippen LogP contribution < -0.4 is 5.32 Å². The predicted octanol–water partition coefficient (Wildman–Crippen LogP) is 3.02. The number of benzene rings is 2. The molecule has 0 atom stereocenters. The molecule has 0 saturated carbocycles. The maximum absolute atomic E-state index is 12.3. The van der Waals surface area contributed by atoms with Gasteiger partial charge in [0.2, 0.25) is 0 Å². The monoisotopic (exact) mass is 323 g/mol. The molecule has 0 unspecified atom stereocenters. The fourth-order valence-corrected chi connectivity index (χ4v) is 2.95. The number of piperazine rings is 1. The first-order chi connectivity index (χ1) is 11.7. The standard InChI is InChI=1S/C20H25N3O/c1-17-7-9-19(10-8-17)16-22-11-13-23(14-12-22)20(24)21-15-18-5-3-2-4-6-18/h2-10H,11-16H2,1H3,(H,21,24). The first kappa shape index (κ1) is 16.5. The Morgan fingerprint density at radius 2 is 1.58 bits per heavy atom. The third-order valence-corrected chi connectivity index (χ3v) is 4.47. The number of nitrogens with one attached hydrogen (secondary N) is 1. The van der Waals surface area contributed by atoms with E-state index in [0.29, 0.717) is 6.54 Å². The quantitative estimate of drug-likeness (QED) is 0.939. The van der Waals surface area contributed by atoms with Gasteiger partial charge in [-0.2, -0.15) is 0 Å². The van der Waals surface area contributed by atoms with Crippen LogP contribution in [-0.4, -0.2) is 42.0 Å². The van der Waals surface area contributed by atoms with Crippen molar-refractivity contribution in [3.8, 4) is 0 Å². The van der Waals surface area contributed by atoms with E-state index >= 15 is 0 Å². The van der Waals surface area contributed by atoms with Crippen molar-refractivity contribution < 1.29 is 4.79 Å². The molecular weight excluding hydrogens is 298 g/mol. The SMILES string of the molecule is Cc1ccc(CN2CCN(C(=O)NCc3ccccc3)CC2)cc1. The molecule has 1 aliphatic heterocycles. The highest BCUT2D eigenvalue weighted by atomic mass is 16.2. The van der Waals surface area contributed by atoms with Gasteiger partial charge in [-0.3, -0.25) is 4.90 Å². The zero-order chi connectivity index (χ0) is 16.8. The number of nitrogens with zero attached hydrogens (tertiary/aromatic N) is 2. The van der Waals surface area contributed by atoms with Gasteiger partial charge in [0, 0.05) is 39.3 Å². The van der Waals surface area contributed by atoms with E-state index in [1.165, 1.54) is 11.1 Å². The fourth-order valence-electron chi connectivity index (χ4n) is 2.95. The van der Waals surface area contributed by atoms with Gasteiger partial charge < -0.3 is 10.2 Å². The van der Waals surface area contributed by atoms with Crippen LogP contribution >= 0.6 is 0 Å². The van der Waals surface area contributed by atoms with Gasteiger partial charge in [0.25, 0.3) is 0 Å². The van der Waals surface area contributed by atoms with Crippen molar-refractivity contribution in [1.82, 2.24) is 15.1 Å². The molecule has 3 rings (SSSR count). The van der Waals surface area contributed by atoms with Gasteiger partial charge in [-0.1, -0.05) is 60.2 Å². The summed E-state index contributed by atoms with van der Waals surface area (Å²) in [5, 5.41) is 3.01. The second-order valence-electron chi connectivity index (χ2n) is 6.39. The van der Waals surface area contributed by atoms with Gasteiger partial charge in [0.05, 0.1) is 0 Å². The van der Waals surface area contributed by atoms with Crippen LogP contribution in [0.1, 0.15) is 16.7 Å². The number of amides is 2. The van der Waals surface area contributed by atoms with Crippen molar-refractivity contribution in [2.24, 2.45) is 0 Å². The van der Waals surface area contributed by atoms with E-state index in [9.17, 15) is 4.79 Å². The molecular formula is C20H25N3O. The third kappa shape index (κ3) is 4.59. The zero-order valence-corrected chi connectivity index (χ0v) is 14.2. The first-order valence-corrected chi connectivity index (χ1v) is 8.55. The topological polar surface area (TPSA) is 35.6 Å². The molecule has 0 aromatic heterocycles. The number of carbonyl (C=O) groups is 1. The Balaban J connectivity index is 1.42. The number of hydrogen-bond acceptors (Lipinski definition) is 2. The number of hydrogen-bond donors (Lipinski definition) is 1. The minimum absolute atomic E-state index is 0.0360. The summed E-state index contributed by atoms with van der Waals surface area (Å²) in [5.74, 6) is 0. The normalized spacial score (nSPS) is 15.3. The summed E-state index contributed by atoms with van der Waals surface area (Å²) in [6, 6.07) is 18.7. The van der Waals surface area contributed by atoms with E-state index in [1.54, 1.807) is 0 Å². The van der Waals surface area contributed by atoms with Crippen LogP contribution in [0.2, 0.25) is 0 Å². The Morgan fingerprint density at radius 3 is 2.25 bits per heavy atom. The number of rotatable bonds is 4. The summed E-state index contributed by atoms with van der Waals surface area (Å²) in [4.78, 5) is 16.6. The molecule has 0 bridgehead atoms. The molecule has 1 fully saturated rings. The number of urea groups is 1. The lowest BCUT2D eigenvalue weighted by Crippen LogP contribution is -2.51. The molecule has 0 spiro atoms. The van der Waals surface area contributed by atoms with E-state index < -0.39 is 0 Å². The Bertz CT molecular complexity index is 646. The van der Waals surface area contributed by atoms with Gasteiger partial charge in [0.1, 0.15) is 0 Å². The Morgan fingerprint density at radius 1 is 0.917 bits per heavy atom. The van der Waals surface area contributed by atoms with E-state index in [-0.39, 0.29) is 6.03 Å². The van der Waals surface area contributed by atoms with E-state index in [1.807, 2.05) is 35.2 Å². The summed E-state index contributed by atoms with van der Waals surface area (Å²) in [6.07, 6.45) is 0. The van der Waals surface area contributed by atoms with Crippen LogP contribution in [0.3, 0.4) is 0 Å². The van der Waals surface area contributed by atoms with Gasteiger partial charge in [0.15, 0.2) is 0 Å². The van der Waals surface area contributed by atoms with Gasteiger partial charge in [-0.05, 0) is 18.1 Å². The molecule has 1 aliphatic rings. The van der Waals surface area contributed by atoms with Crippen molar-refractivity contribution in [3.63, 3.8) is 0 Å². The summed E-state index contributed by atoms with van der Waals surface area (Å²) < 4.78 is 0. The van der Waals surface area contributed by atoms with Crippen LogP contribution in [0.5, 0.6) is 0 Å². The second-order valence-corrected chi connectivity index (χ2v) is 6.39. The number of aryl methyl sites for hydroxylation is 1. The Kier molecular flexibility index (Phi) is 5.49. The van der Waals surface area contributed by atoms with Crippen LogP contribution in [0.25, 0.3) is 0 Å². The molecule has 0 aliphatic carbocycles. The molecule has 2 amide bonds. The molecule has 4 nitrogen and oxygen atoms in total. The lowest BCUT2D eigenvalue weighted by molar-refractivity contribution is 0.135. The van der Waals surface area contributed by atoms with E-state index in [2.05, 4.69) is 41.4 Å². The van der Waals surface area contributed by atoms with Crippen LogP contribution in [0.4, 0.5) is 4.79 Å². The van der Waals surface area contributed by atoms with Crippen molar-refractivity contribution in [2.45, 2.75) is 20.0 Å². The first-order valence-electron chi connectivity index (χ1n) is 8.55. The van der Waals surface area contributed by atoms with Crippen molar-refractivity contribution in [1.29, 1.82) is 0 Å². The van der Waals surface area contributed by atoms with Gasteiger partial charge >= 0.3 is 6.03 Å². The average molecular weight is 323 g/mol. The fraction of sp³-hybridized carbons (Fsp3) is 0.350. The highest BCUT2D eigenvalue weighted by molar-refractivity contribution is 5.74. The van der Waals surface area contributed by atoms with Crippen molar-refractivity contribution >= 4 is 6.03 Å². The molecule has 126 valence electrons. The zero-order valence-electron chi connectivity index (χ0n) is 14.2. The molecule has 1 heterocycles. The predicted molar refractivity (Wildman–Crippen MR) is 96.7 cm³/mol. The van der Waals surface area contributed by atoms with Crippen LogP contribution in [0.15, 0.2) is 54.6 Å². The molecule has 0 radical (unpaired) electrons. The maximum Gasteiger partial charge on any atom is 0.317 e. The summed E-state index contributed by atoms with van der Waals surface area (Å²) >= 11 is 0. The highest BCUT2D eigenvalue weighted by Gasteiger charge is 2.20. The smallest absolute Gasteiger partial charge is 0.317 e. The molecule has 1 N–H and O–H groups in total. The maximum atomic E-state index is 12.3. The minimum atomic E-state index is 0.0360. The van der Waals surface area contributed by atoms with Gasteiger partial charge in [-0.15, -0.1) is 0 Å². The third-order valence-electron chi connectivity index (χ3n) is 4.47. The molecule has 4 heteroatoms. The summed E-state index contributed by atoms with van der Waals surface area (Å²) in [6.45, 7) is 7.07. The summed E-state index contributed by atoms with van der Waals surface area (Å²) in [5.41, 5.74) is 3.75. The van der Waals surface area contributed by atoms with Gasteiger partial charge in [-0.25, -0.2) is 4.79 Å². The second kappa shape index (κ2) is 7.97. The largest absolute Gasteiger partial charge is 0.334 e. The Labute approximate surface area is 144 Å². The average Bonchev–Trinajstić information content (AvgIpc) is 2.63.